The molecule has 2 aromatic rings. The van der Waals surface area contributed by atoms with Crippen molar-refractivity contribution >= 4 is 5.82 Å². The van der Waals surface area contributed by atoms with Crippen LogP contribution >= 0.6 is 0 Å². The van der Waals surface area contributed by atoms with E-state index in [1.165, 1.54) is 5.56 Å². The van der Waals surface area contributed by atoms with E-state index in [9.17, 15) is 0 Å². The molecular formula is C18H24N2O. The van der Waals surface area contributed by atoms with Crippen molar-refractivity contribution in [2.24, 2.45) is 0 Å². The molecule has 0 unspecified atom stereocenters. The van der Waals surface area contributed by atoms with E-state index in [2.05, 4.69) is 47.6 Å². The third-order valence-corrected chi connectivity index (χ3v) is 3.29. The molecule has 0 aliphatic rings. The molecule has 112 valence electrons. The number of benzene rings is 1. The van der Waals surface area contributed by atoms with E-state index in [4.69, 9.17) is 4.74 Å². The number of nitrogens with zero attached hydrogens (tertiary/aromatic N) is 1. The van der Waals surface area contributed by atoms with Crippen molar-refractivity contribution in [2.45, 2.75) is 32.8 Å². The van der Waals surface area contributed by atoms with Crippen LogP contribution < -0.4 is 5.32 Å². The summed E-state index contributed by atoms with van der Waals surface area (Å²) in [7, 11) is 0. The van der Waals surface area contributed by atoms with Crippen LogP contribution in [0, 0.1) is 0 Å². The molecule has 0 saturated carbocycles. The number of aromatic nitrogens is 1. The first kappa shape index (κ1) is 15.5. The summed E-state index contributed by atoms with van der Waals surface area (Å²) >= 11 is 0. The molecule has 0 atom stereocenters. The van der Waals surface area contributed by atoms with E-state index >= 15 is 0 Å². The molecule has 0 aliphatic heterocycles. The van der Waals surface area contributed by atoms with Crippen LogP contribution in [0.15, 0.2) is 48.7 Å². The Morgan fingerprint density at radius 3 is 2.76 bits per heavy atom. The largest absolute Gasteiger partial charge is 0.377 e. The molecule has 3 heteroatoms. The highest BCUT2D eigenvalue weighted by atomic mass is 16.5. The Balaban J connectivity index is 1.71. The topological polar surface area (TPSA) is 34.2 Å². The van der Waals surface area contributed by atoms with Gasteiger partial charge in [0.05, 0.1) is 6.61 Å². The van der Waals surface area contributed by atoms with Gasteiger partial charge in [-0.3, -0.25) is 0 Å². The van der Waals surface area contributed by atoms with E-state index in [0.717, 1.165) is 43.8 Å². The fraction of sp³-hybridized carbons (Fsp3) is 0.389. The first-order chi connectivity index (χ1) is 10.4. The van der Waals surface area contributed by atoms with Crippen LogP contribution in [0.3, 0.4) is 0 Å². The highest BCUT2D eigenvalue weighted by molar-refractivity contribution is 5.43. The molecule has 0 saturated heterocycles. The molecule has 0 spiro atoms. The molecule has 1 heterocycles. The smallest absolute Gasteiger partial charge is 0.131 e. The van der Waals surface area contributed by atoms with E-state index in [-0.39, 0.29) is 0 Å². The number of pyridine rings is 1. The molecule has 0 fully saturated rings. The lowest BCUT2D eigenvalue weighted by Crippen LogP contribution is -2.06. The van der Waals surface area contributed by atoms with Crippen molar-refractivity contribution in [1.29, 1.82) is 0 Å². The molecule has 1 aromatic carbocycles. The van der Waals surface area contributed by atoms with Crippen LogP contribution in [-0.4, -0.2) is 18.1 Å². The molecule has 0 aliphatic carbocycles. The Labute approximate surface area is 127 Å². The number of aryl methyl sites for hydroxylation is 1. The molecular weight excluding hydrogens is 260 g/mol. The molecule has 3 nitrogen and oxygen atoms in total. The van der Waals surface area contributed by atoms with Gasteiger partial charge in [-0.1, -0.05) is 43.3 Å². The van der Waals surface area contributed by atoms with Gasteiger partial charge in [-0.25, -0.2) is 4.98 Å². The minimum atomic E-state index is 0.620. The van der Waals surface area contributed by atoms with Crippen molar-refractivity contribution < 1.29 is 4.74 Å². The van der Waals surface area contributed by atoms with Gasteiger partial charge in [0.25, 0.3) is 0 Å². The third-order valence-electron chi connectivity index (χ3n) is 3.29. The summed E-state index contributed by atoms with van der Waals surface area (Å²) in [6.45, 7) is 4.49. The lowest BCUT2D eigenvalue weighted by atomic mass is 10.1. The second-order valence-electron chi connectivity index (χ2n) is 5.08. The predicted molar refractivity (Wildman–Crippen MR) is 87.4 cm³/mol. The number of anilines is 1. The summed E-state index contributed by atoms with van der Waals surface area (Å²) in [5, 5.41) is 3.34. The van der Waals surface area contributed by atoms with Crippen molar-refractivity contribution in [3.05, 3.63) is 59.8 Å². The number of nitrogens with one attached hydrogen (secondary N) is 1. The van der Waals surface area contributed by atoms with Crippen molar-refractivity contribution in [3.8, 4) is 0 Å². The van der Waals surface area contributed by atoms with E-state index in [0.29, 0.717) is 6.61 Å². The monoisotopic (exact) mass is 284 g/mol. The van der Waals surface area contributed by atoms with E-state index < -0.39 is 0 Å². The fourth-order valence-electron chi connectivity index (χ4n) is 2.16. The number of hydrogen-bond donors (Lipinski definition) is 1. The van der Waals surface area contributed by atoms with Gasteiger partial charge in [-0.2, -0.15) is 0 Å². The van der Waals surface area contributed by atoms with E-state index in [1.807, 2.05) is 18.3 Å². The third kappa shape index (κ3) is 5.56. The van der Waals surface area contributed by atoms with Gasteiger partial charge in [0, 0.05) is 24.9 Å². The van der Waals surface area contributed by atoms with Gasteiger partial charge in [0.2, 0.25) is 0 Å². The maximum Gasteiger partial charge on any atom is 0.131 e. The van der Waals surface area contributed by atoms with Gasteiger partial charge < -0.3 is 10.1 Å². The fourth-order valence-corrected chi connectivity index (χ4v) is 2.16. The van der Waals surface area contributed by atoms with Crippen LogP contribution in [0.25, 0.3) is 0 Å². The maximum atomic E-state index is 5.78. The van der Waals surface area contributed by atoms with Gasteiger partial charge in [0.15, 0.2) is 0 Å². The zero-order chi connectivity index (χ0) is 14.8. The SMILES string of the molecule is CCCNc1ncccc1COCCCc1ccccc1. The first-order valence-corrected chi connectivity index (χ1v) is 7.69. The summed E-state index contributed by atoms with van der Waals surface area (Å²) < 4.78 is 5.78. The molecule has 2 rings (SSSR count). The second-order valence-corrected chi connectivity index (χ2v) is 5.08. The molecule has 21 heavy (non-hydrogen) atoms. The van der Waals surface area contributed by atoms with Gasteiger partial charge >= 0.3 is 0 Å². The lowest BCUT2D eigenvalue weighted by molar-refractivity contribution is 0.119. The zero-order valence-corrected chi connectivity index (χ0v) is 12.7. The molecule has 0 radical (unpaired) electrons. The normalized spacial score (nSPS) is 10.5. The number of rotatable bonds is 9. The van der Waals surface area contributed by atoms with Crippen LogP contribution in [0.1, 0.15) is 30.9 Å². The molecule has 0 bridgehead atoms. The highest BCUT2D eigenvalue weighted by Gasteiger charge is 2.02. The van der Waals surface area contributed by atoms with Crippen molar-refractivity contribution in [2.75, 3.05) is 18.5 Å². The minimum Gasteiger partial charge on any atom is -0.377 e. The Kier molecular flexibility index (Phi) is 6.75. The zero-order valence-electron chi connectivity index (χ0n) is 12.7. The predicted octanol–water partition coefficient (Wildman–Crippen LogP) is 4.05. The molecule has 1 aromatic heterocycles. The number of hydrogen-bond acceptors (Lipinski definition) is 3. The van der Waals surface area contributed by atoms with Crippen LogP contribution in [0.2, 0.25) is 0 Å². The Morgan fingerprint density at radius 1 is 1.10 bits per heavy atom. The van der Waals surface area contributed by atoms with Crippen LogP contribution in [0.4, 0.5) is 5.82 Å². The quantitative estimate of drug-likeness (QED) is 0.705. The molecule has 0 amide bonds. The van der Waals surface area contributed by atoms with Crippen LogP contribution in [-0.2, 0) is 17.8 Å². The van der Waals surface area contributed by atoms with Crippen molar-refractivity contribution in [1.82, 2.24) is 4.98 Å². The maximum absolute atomic E-state index is 5.78. The Bertz CT molecular complexity index is 514. The standard InChI is InChI=1S/C18H24N2O/c1-2-12-19-18-17(11-6-13-20-18)15-21-14-7-10-16-8-4-3-5-9-16/h3-6,8-9,11,13H,2,7,10,12,14-15H2,1H3,(H,19,20). The summed E-state index contributed by atoms with van der Waals surface area (Å²) in [6, 6.07) is 14.6. The summed E-state index contributed by atoms with van der Waals surface area (Å²) in [5.74, 6) is 0.947. The average molecular weight is 284 g/mol. The van der Waals surface area contributed by atoms with E-state index in [1.54, 1.807) is 0 Å². The summed E-state index contributed by atoms with van der Waals surface area (Å²) in [4.78, 5) is 4.37. The van der Waals surface area contributed by atoms with Crippen LogP contribution in [0.5, 0.6) is 0 Å². The average Bonchev–Trinajstić information content (AvgIpc) is 2.54. The van der Waals surface area contributed by atoms with Gasteiger partial charge in [-0.05, 0) is 30.9 Å². The highest BCUT2D eigenvalue weighted by Crippen LogP contribution is 2.13. The van der Waals surface area contributed by atoms with Gasteiger partial charge in [0.1, 0.15) is 5.82 Å². The first-order valence-electron chi connectivity index (χ1n) is 7.69. The van der Waals surface area contributed by atoms with Gasteiger partial charge in [-0.15, -0.1) is 0 Å². The second kappa shape index (κ2) is 9.14. The summed E-state index contributed by atoms with van der Waals surface area (Å²) in [6.07, 6.45) is 5.02. The lowest BCUT2D eigenvalue weighted by Gasteiger charge is -2.10. The van der Waals surface area contributed by atoms with Crippen molar-refractivity contribution in [3.63, 3.8) is 0 Å². The Hall–Kier alpha value is -1.87. The summed E-state index contributed by atoms with van der Waals surface area (Å²) in [5.41, 5.74) is 2.50. The molecule has 1 N–H and O–H groups in total. The number of ether oxygens (including phenoxy) is 1. The Morgan fingerprint density at radius 2 is 1.95 bits per heavy atom. The minimum absolute atomic E-state index is 0.620.